The van der Waals surface area contributed by atoms with Crippen molar-refractivity contribution >= 4 is 21.6 Å². The van der Waals surface area contributed by atoms with Crippen LogP contribution in [0.2, 0.25) is 0 Å². The molecule has 5 heteroatoms. The van der Waals surface area contributed by atoms with Crippen LogP contribution < -0.4 is 5.32 Å². The van der Waals surface area contributed by atoms with Gasteiger partial charge in [-0.25, -0.2) is 0 Å². The van der Waals surface area contributed by atoms with Crippen LogP contribution in [-0.4, -0.2) is 34.9 Å². The molecule has 2 aromatic rings. The molecule has 2 atom stereocenters. The Morgan fingerprint density at radius 1 is 1.50 bits per heavy atom. The van der Waals surface area contributed by atoms with E-state index in [1.165, 1.54) is 4.70 Å². The fraction of sp³-hybridized carbons (Fsp3) is 0.588. The van der Waals surface area contributed by atoms with Crippen LogP contribution in [0.4, 0.5) is 0 Å². The SMILES string of the molecule is CCO[C@H]1C[C@](CO)(NCc2cnc3ccsc3c2)C1(C)C. The fourth-order valence-electron chi connectivity index (χ4n) is 3.36. The van der Waals surface area contributed by atoms with Gasteiger partial charge >= 0.3 is 0 Å². The molecule has 2 N–H and O–H groups in total. The first-order valence-corrected chi connectivity index (χ1v) is 8.70. The molecule has 2 aromatic heterocycles. The molecule has 0 aromatic carbocycles. The number of hydrogen-bond donors (Lipinski definition) is 2. The van der Waals surface area contributed by atoms with Crippen molar-refractivity contribution in [2.45, 2.75) is 45.4 Å². The van der Waals surface area contributed by atoms with E-state index in [0.29, 0.717) is 13.2 Å². The molecule has 0 radical (unpaired) electrons. The quantitative estimate of drug-likeness (QED) is 0.859. The van der Waals surface area contributed by atoms with Gasteiger partial charge < -0.3 is 15.2 Å². The number of hydrogen-bond acceptors (Lipinski definition) is 5. The highest BCUT2D eigenvalue weighted by molar-refractivity contribution is 7.17. The summed E-state index contributed by atoms with van der Waals surface area (Å²) in [5.41, 5.74) is 1.83. The number of pyridine rings is 1. The van der Waals surface area contributed by atoms with Gasteiger partial charge in [0.2, 0.25) is 0 Å². The van der Waals surface area contributed by atoms with Gasteiger partial charge in [-0.05, 0) is 36.4 Å². The zero-order chi connectivity index (χ0) is 15.8. The maximum Gasteiger partial charge on any atom is 0.0809 e. The maximum atomic E-state index is 9.94. The Morgan fingerprint density at radius 3 is 3.00 bits per heavy atom. The lowest BCUT2D eigenvalue weighted by atomic mass is 9.54. The van der Waals surface area contributed by atoms with Crippen molar-refractivity contribution in [3.8, 4) is 0 Å². The highest BCUT2D eigenvalue weighted by Gasteiger charge is 2.60. The highest BCUT2D eigenvalue weighted by Crippen LogP contribution is 2.51. The lowest BCUT2D eigenvalue weighted by Gasteiger charge is -2.60. The van der Waals surface area contributed by atoms with Gasteiger partial charge in [0, 0.05) is 24.8 Å². The van der Waals surface area contributed by atoms with E-state index in [9.17, 15) is 5.11 Å². The van der Waals surface area contributed by atoms with Crippen LogP contribution in [0.3, 0.4) is 0 Å². The Bertz CT molecular complexity index is 655. The minimum Gasteiger partial charge on any atom is -0.394 e. The minimum atomic E-state index is -0.281. The van der Waals surface area contributed by atoms with Crippen molar-refractivity contribution in [2.24, 2.45) is 5.41 Å². The molecule has 0 saturated heterocycles. The van der Waals surface area contributed by atoms with Crippen LogP contribution >= 0.6 is 11.3 Å². The third kappa shape index (κ3) is 2.46. The number of ether oxygens (including phenoxy) is 1. The third-order valence-corrected chi connectivity index (χ3v) is 6.05. The average Bonchev–Trinajstić information content (AvgIpc) is 2.97. The fourth-order valence-corrected chi connectivity index (χ4v) is 4.16. The summed E-state index contributed by atoms with van der Waals surface area (Å²) in [6.45, 7) is 7.91. The molecule has 1 aliphatic carbocycles. The number of aromatic nitrogens is 1. The third-order valence-electron chi connectivity index (χ3n) is 5.20. The Kier molecular flexibility index (Phi) is 4.25. The van der Waals surface area contributed by atoms with E-state index in [4.69, 9.17) is 4.74 Å². The van der Waals surface area contributed by atoms with Crippen molar-refractivity contribution in [2.75, 3.05) is 13.2 Å². The van der Waals surface area contributed by atoms with E-state index in [-0.39, 0.29) is 23.7 Å². The predicted molar refractivity (Wildman–Crippen MR) is 90.1 cm³/mol. The van der Waals surface area contributed by atoms with Gasteiger partial charge in [-0.15, -0.1) is 11.3 Å². The molecule has 0 unspecified atom stereocenters. The first-order valence-electron chi connectivity index (χ1n) is 7.82. The number of aliphatic hydroxyl groups excluding tert-OH is 1. The normalized spacial score (nSPS) is 27.0. The van der Waals surface area contributed by atoms with Crippen LogP contribution in [0, 0.1) is 5.41 Å². The number of fused-ring (bicyclic) bond motifs is 1. The van der Waals surface area contributed by atoms with Crippen molar-refractivity contribution in [1.82, 2.24) is 10.3 Å². The summed E-state index contributed by atoms with van der Waals surface area (Å²) in [6.07, 6.45) is 2.97. The molecule has 0 aliphatic heterocycles. The number of rotatable bonds is 6. The van der Waals surface area contributed by atoms with E-state index in [1.54, 1.807) is 11.3 Å². The molecule has 1 aliphatic rings. The second kappa shape index (κ2) is 5.89. The Morgan fingerprint density at radius 2 is 2.32 bits per heavy atom. The lowest BCUT2D eigenvalue weighted by molar-refractivity contribution is -0.177. The summed E-state index contributed by atoms with van der Waals surface area (Å²) in [4.78, 5) is 4.48. The van der Waals surface area contributed by atoms with Gasteiger partial charge in [0.15, 0.2) is 0 Å². The summed E-state index contributed by atoms with van der Waals surface area (Å²) < 4.78 is 6.99. The summed E-state index contributed by atoms with van der Waals surface area (Å²) in [7, 11) is 0. The van der Waals surface area contributed by atoms with Crippen molar-refractivity contribution < 1.29 is 9.84 Å². The first kappa shape index (κ1) is 15.9. The van der Waals surface area contributed by atoms with E-state index in [1.807, 2.05) is 19.2 Å². The molecule has 0 amide bonds. The number of nitrogens with one attached hydrogen (secondary N) is 1. The van der Waals surface area contributed by atoms with E-state index in [0.717, 1.165) is 17.5 Å². The van der Waals surface area contributed by atoms with Crippen molar-refractivity contribution in [3.63, 3.8) is 0 Å². The number of nitrogens with zero attached hydrogens (tertiary/aromatic N) is 1. The molecule has 22 heavy (non-hydrogen) atoms. The van der Waals surface area contributed by atoms with E-state index < -0.39 is 0 Å². The molecule has 4 nitrogen and oxygen atoms in total. The van der Waals surface area contributed by atoms with Crippen LogP contribution in [-0.2, 0) is 11.3 Å². The topological polar surface area (TPSA) is 54.4 Å². The Labute approximate surface area is 135 Å². The van der Waals surface area contributed by atoms with E-state index >= 15 is 0 Å². The van der Waals surface area contributed by atoms with Crippen LogP contribution in [0.5, 0.6) is 0 Å². The van der Waals surface area contributed by atoms with E-state index in [2.05, 4.69) is 35.6 Å². The van der Waals surface area contributed by atoms with Gasteiger partial charge in [-0.1, -0.05) is 13.8 Å². The molecule has 0 bridgehead atoms. The van der Waals surface area contributed by atoms with Gasteiger partial charge in [0.1, 0.15) is 0 Å². The van der Waals surface area contributed by atoms with Gasteiger partial charge in [-0.2, -0.15) is 0 Å². The first-order chi connectivity index (χ1) is 10.5. The maximum absolute atomic E-state index is 9.94. The standard InChI is InChI=1S/C17H24N2O2S/c1-4-21-15-8-17(11-20,16(15,2)3)19-10-12-7-14-13(18-9-12)5-6-22-14/h5-7,9,15,19-20H,4,8,10-11H2,1-3H3/t15-,17+/m0/s1. The molecule has 3 rings (SSSR count). The zero-order valence-electron chi connectivity index (χ0n) is 13.4. The molecule has 120 valence electrons. The molecular formula is C17H24N2O2S. The highest BCUT2D eigenvalue weighted by atomic mass is 32.1. The molecule has 2 heterocycles. The predicted octanol–water partition coefficient (Wildman–Crippen LogP) is 2.95. The monoisotopic (exact) mass is 320 g/mol. The zero-order valence-corrected chi connectivity index (χ0v) is 14.2. The smallest absolute Gasteiger partial charge is 0.0809 e. The van der Waals surface area contributed by atoms with Crippen LogP contribution in [0.25, 0.3) is 10.2 Å². The second-order valence-corrected chi connectivity index (χ2v) is 7.56. The van der Waals surface area contributed by atoms with Crippen LogP contribution in [0.15, 0.2) is 23.7 Å². The minimum absolute atomic E-state index is 0.0851. The average molecular weight is 320 g/mol. The van der Waals surface area contributed by atoms with Gasteiger partial charge in [0.05, 0.1) is 28.5 Å². The van der Waals surface area contributed by atoms with Crippen LogP contribution in [0.1, 0.15) is 32.8 Å². The van der Waals surface area contributed by atoms with Gasteiger partial charge in [0.25, 0.3) is 0 Å². The molecule has 0 spiro atoms. The van der Waals surface area contributed by atoms with Crippen molar-refractivity contribution in [1.29, 1.82) is 0 Å². The molecule has 1 saturated carbocycles. The summed E-state index contributed by atoms with van der Waals surface area (Å²) in [6, 6.07) is 4.21. The summed E-state index contributed by atoms with van der Waals surface area (Å²) in [5.74, 6) is 0. The molecular weight excluding hydrogens is 296 g/mol. The number of thiophene rings is 1. The van der Waals surface area contributed by atoms with Gasteiger partial charge in [-0.3, -0.25) is 4.98 Å². The Balaban J connectivity index is 1.71. The van der Waals surface area contributed by atoms with Crippen molar-refractivity contribution in [3.05, 3.63) is 29.3 Å². The summed E-state index contributed by atoms with van der Waals surface area (Å²) >= 11 is 1.71. The largest absolute Gasteiger partial charge is 0.394 e. The Hall–Kier alpha value is -1.01. The second-order valence-electron chi connectivity index (χ2n) is 6.61. The molecule has 1 fully saturated rings. The number of aliphatic hydroxyl groups is 1. The lowest BCUT2D eigenvalue weighted by Crippen LogP contribution is -2.73. The summed E-state index contributed by atoms with van der Waals surface area (Å²) in [5, 5.41) is 15.6.